The van der Waals surface area contributed by atoms with E-state index in [4.69, 9.17) is 9.47 Å². The normalized spacial score (nSPS) is 14.7. The number of fused-ring (bicyclic) bond motifs is 1. The third kappa shape index (κ3) is 7.33. The fraction of sp³-hybridized carbons (Fsp3) is 0.457. The topological polar surface area (TPSA) is 92.7 Å². The largest absolute Gasteiger partial charge is 0.449 e. The highest BCUT2D eigenvalue weighted by molar-refractivity contribution is 6.06. The number of likely N-dealkylation sites (N-methyl/N-ethyl adjacent to an activating group) is 1. The molecule has 4 aromatic rings. The number of carbonyl (C=O) groups excluding carboxylic acids is 2. The predicted molar refractivity (Wildman–Crippen MR) is 173 cm³/mol. The lowest BCUT2D eigenvalue weighted by molar-refractivity contribution is 0.0744. The standard InChI is InChI=1S/C35H45N5O4/c1-25(2)14-18-44-35(42)39-15-12-26(13-16-39)20-33(32-21-36-24-37-32)40-22-30(31(23-40)34(41)38(3)17-19-43-4)29-11-7-9-27-8-5-6-10-28(27)29/h5-11,21-26,33H,12-20H2,1-4H3,(H,36,37). The van der Waals surface area contributed by atoms with E-state index in [1.807, 2.05) is 42.5 Å². The van der Waals surface area contributed by atoms with Crippen LogP contribution in [-0.4, -0.2) is 83.3 Å². The number of hydrogen-bond donors (Lipinski definition) is 1. The van der Waals surface area contributed by atoms with E-state index in [-0.39, 0.29) is 18.0 Å². The van der Waals surface area contributed by atoms with Gasteiger partial charge in [-0.05, 0) is 53.9 Å². The summed E-state index contributed by atoms with van der Waals surface area (Å²) in [6.07, 6.45) is 11.0. The van der Waals surface area contributed by atoms with Crippen LogP contribution in [0.25, 0.3) is 21.9 Å². The Morgan fingerprint density at radius 1 is 1.05 bits per heavy atom. The number of H-pyrrole nitrogens is 1. The van der Waals surface area contributed by atoms with E-state index in [0.717, 1.165) is 53.3 Å². The molecule has 1 fully saturated rings. The Bertz CT molecular complexity index is 1520. The summed E-state index contributed by atoms with van der Waals surface area (Å²) in [7, 11) is 3.46. The van der Waals surface area contributed by atoms with Gasteiger partial charge in [-0.1, -0.05) is 56.3 Å². The molecule has 2 aromatic carbocycles. The molecule has 44 heavy (non-hydrogen) atoms. The van der Waals surface area contributed by atoms with E-state index >= 15 is 0 Å². The van der Waals surface area contributed by atoms with Crippen molar-refractivity contribution in [2.24, 2.45) is 11.8 Å². The number of piperidine rings is 1. The average molecular weight is 600 g/mol. The second-order valence-corrected chi connectivity index (χ2v) is 12.3. The van der Waals surface area contributed by atoms with Gasteiger partial charge in [0.25, 0.3) is 5.91 Å². The van der Waals surface area contributed by atoms with Gasteiger partial charge in [0, 0.05) is 51.7 Å². The Labute approximate surface area is 260 Å². The molecule has 1 aliphatic heterocycles. The first kappa shape index (κ1) is 31.3. The molecule has 1 atom stereocenters. The van der Waals surface area contributed by atoms with E-state index in [2.05, 4.69) is 58.8 Å². The van der Waals surface area contributed by atoms with Crippen LogP contribution in [0.1, 0.15) is 61.6 Å². The summed E-state index contributed by atoms with van der Waals surface area (Å²) >= 11 is 0. The number of carbonyl (C=O) groups is 2. The molecule has 1 saturated heterocycles. The molecule has 2 amide bonds. The van der Waals surface area contributed by atoms with E-state index in [1.54, 1.807) is 18.3 Å². The van der Waals surface area contributed by atoms with Crippen molar-refractivity contribution in [3.05, 3.63) is 78.6 Å². The van der Waals surface area contributed by atoms with E-state index < -0.39 is 0 Å². The van der Waals surface area contributed by atoms with Gasteiger partial charge in [0.05, 0.1) is 43.0 Å². The highest BCUT2D eigenvalue weighted by atomic mass is 16.6. The second-order valence-electron chi connectivity index (χ2n) is 12.3. The average Bonchev–Trinajstić information content (AvgIpc) is 3.73. The van der Waals surface area contributed by atoms with Gasteiger partial charge in [0.1, 0.15) is 0 Å². The van der Waals surface area contributed by atoms with Gasteiger partial charge in [-0.15, -0.1) is 0 Å². The smallest absolute Gasteiger partial charge is 0.409 e. The zero-order valence-electron chi connectivity index (χ0n) is 26.4. The van der Waals surface area contributed by atoms with Crippen molar-refractivity contribution in [3.8, 4) is 11.1 Å². The summed E-state index contributed by atoms with van der Waals surface area (Å²) in [5, 5.41) is 2.23. The summed E-state index contributed by atoms with van der Waals surface area (Å²) in [6, 6.07) is 14.5. The minimum atomic E-state index is -0.208. The number of benzene rings is 2. The number of nitrogens with zero attached hydrogens (tertiary/aromatic N) is 4. The molecule has 0 aliphatic carbocycles. The van der Waals surface area contributed by atoms with Crippen molar-refractivity contribution in [3.63, 3.8) is 0 Å². The van der Waals surface area contributed by atoms with Gasteiger partial charge in [-0.2, -0.15) is 0 Å². The molecule has 1 aliphatic rings. The van der Waals surface area contributed by atoms with Crippen LogP contribution >= 0.6 is 0 Å². The van der Waals surface area contributed by atoms with Gasteiger partial charge < -0.3 is 28.8 Å². The summed E-state index contributed by atoms with van der Waals surface area (Å²) in [5.74, 6) is 0.857. The summed E-state index contributed by atoms with van der Waals surface area (Å²) in [4.78, 5) is 37.7. The summed E-state index contributed by atoms with van der Waals surface area (Å²) in [5.41, 5.74) is 3.58. The van der Waals surface area contributed by atoms with Gasteiger partial charge in [-0.25, -0.2) is 9.78 Å². The second kappa shape index (κ2) is 14.6. The molecule has 1 unspecified atom stereocenters. The van der Waals surface area contributed by atoms with E-state index in [9.17, 15) is 9.59 Å². The Morgan fingerprint density at radius 2 is 1.82 bits per heavy atom. The van der Waals surface area contributed by atoms with Gasteiger partial charge >= 0.3 is 6.09 Å². The van der Waals surface area contributed by atoms with Crippen molar-refractivity contribution in [1.29, 1.82) is 0 Å². The highest BCUT2D eigenvalue weighted by Crippen LogP contribution is 2.37. The molecule has 0 spiro atoms. The third-order valence-corrected chi connectivity index (χ3v) is 8.72. The molecule has 0 radical (unpaired) electrons. The minimum absolute atomic E-state index is 0.0450. The summed E-state index contributed by atoms with van der Waals surface area (Å²) in [6.45, 7) is 7.05. The number of rotatable bonds is 12. The van der Waals surface area contributed by atoms with Crippen molar-refractivity contribution >= 4 is 22.8 Å². The molecular formula is C35H45N5O4. The number of methoxy groups -OCH3 is 1. The van der Waals surface area contributed by atoms with Crippen LogP contribution in [0, 0.1) is 11.8 Å². The zero-order valence-corrected chi connectivity index (χ0v) is 26.4. The van der Waals surface area contributed by atoms with Crippen LogP contribution in [0.2, 0.25) is 0 Å². The van der Waals surface area contributed by atoms with Crippen molar-refractivity contribution in [2.75, 3.05) is 47.0 Å². The molecule has 0 saturated carbocycles. The van der Waals surface area contributed by atoms with Crippen LogP contribution in [0.3, 0.4) is 0 Å². The van der Waals surface area contributed by atoms with Crippen molar-refractivity contribution < 1.29 is 19.1 Å². The first-order chi connectivity index (χ1) is 21.4. The van der Waals surface area contributed by atoms with Crippen molar-refractivity contribution in [2.45, 2.75) is 45.6 Å². The number of amides is 2. The molecule has 9 nitrogen and oxygen atoms in total. The van der Waals surface area contributed by atoms with Crippen LogP contribution in [0.4, 0.5) is 4.79 Å². The number of hydrogen-bond acceptors (Lipinski definition) is 5. The zero-order chi connectivity index (χ0) is 31.1. The molecule has 234 valence electrons. The Hall–Kier alpha value is -4.11. The van der Waals surface area contributed by atoms with Crippen LogP contribution in [0.15, 0.2) is 67.4 Å². The van der Waals surface area contributed by atoms with Crippen LogP contribution < -0.4 is 0 Å². The lowest BCUT2D eigenvalue weighted by Crippen LogP contribution is -2.39. The Morgan fingerprint density at radius 3 is 2.55 bits per heavy atom. The first-order valence-corrected chi connectivity index (χ1v) is 15.7. The third-order valence-electron chi connectivity index (χ3n) is 8.72. The SMILES string of the molecule is COCCN(C)C(=O)c1cn(C(CC2CCN(C(=O)OCCC(C)C)CC2)c2cnc[nH]2)cc1-c1cccc2ccccc12. The molecule has 3 heterocycles. The fourth-order valence-corrected chi connectivity index (χ4v) is 6.03. The number of likely N-dealkylation sites (tertiary alicyclic amines) is 1. The minimum Gasteiger partial charge on any atom is -0.449 e. The molecule has 0 bridgehead atoms. The first-order valence-electron chi connectivity index (χ1n) is 15.7. The van der Waals surface area contributed by atoms with E-state index in [0.29, 0.717) is 50.2 Å². The van der Waals surface area contributed by atoms with Gasteiger partial charge in [-0.3, -0.25) is 4.79 Å². The Balaban J connectivity index is 1.43. The highest BCUT2D eigenvalue weighted by Gasteiger charge is 2.29. The molecule has 5 rings (SSSR count). The van der Waals surface area contributed by atoms with E-state index in [1.165, 1.54) is 0 Å². The maximum absolute atomic E-state index is 13.9. The number of ether oxygens (including phenoxy) is 2. The maximum Gasteiger partial charge on any atom is 0.409 e. The van der Waals surface area contributed by atoms with Crippen LogP contribution in [-0.2, 0) is 9.47 Å². The Kier molecular flexibility index (Phi) is 10.4. The lowest BCUT2D eigenvalue weighted by atomic mass is 9.89. The fourth-order valence-electron chi connectivity index (χ4n) is 6.03. The number of aromatic nitrogens is 3. The number of imidazole rings is 1. The van der Waals surface area contributed by atoms with Crippen molar-refractivity contribution in [1.82, 2.24) is 24.3 Å². The van der Waals surface area contributed by atoms with Gasteiger partial charge in [0.15, 0.2) is 0 Å². The summed E-state index contributed by atoms with van der Waals surface area (Å²) < 4.78 is 12.9. The molecular weight excluding hydrogens is 554 g/mol. The van der Waals surface area contributed by atoms with Gasteiger partial charge in [0.2, 0.25) is 0 Å². The molecule has 1 N–H and O–H groups in total. The number of aromatic amines is 1. The van der Waals surface area contributed by atoms with Crippen LogP contribution in [0.5, 0.6) is 0 Å². The molecule has 9 heteroatoms. The predicted octanol–water partition coefficient (Wildman–Crippen LogP) is 6.62. The maximum atomic E-state index is 13.9. The number of nitrogens with one attached hydrogen (secondary N) is 1. The molecule has 2 aromatic heterocycles. The monoisotopic (exact) mass is 599 g/mol. The quantitative estimate of drug-likeness (QED) is 0.198. The lowest BCUT2D eigenvalue weighted by Gasteiger charge is -2.33.